The number of rotatable bonds is 5. The Kier molecular flexibility index (Phi) is 5.15. The molecule has 1 aliphatic carbocycles. The second-order valence-electron chi connectivity index (χ2n) is 6.40. The molecule has 0 spiro atoms. The molecule has 1 aromatic rings. The van der Waals surface area contributed by atoms with E-state index >= 15 is 0 Å². The average molecular weight is 322 g/mol. The molecule has 2 amide bonds. The molecule has 0 bridgehead atoms. The smallest absolute Gasteiger partial charge is 0.318 e. The normalized spacial score (nSPS) is 25.2. The molecule has 2 fully saturated rings. The number of hydrogen-bond donors (Lipinski definition) is 1. The summed E-state index contributed by atoms with van der Waals surface area (Å²) < 4.78 is 10.6. The van der Waals surface area contributed by atoms with Gasteiger partial charge < -0.3 is 19.5 Å². The Hall–Kier alpha value is -1.63. The van der Waals surface area contributed by atoms with E-state index in [-0.39, 0.29) is 18.7 Å². The third-order valence-electron chi connectivity index (χ3n) is 4.91. The Morgan fingerprint density at radius 2 is 2.26 bits per heavy atom. The summed E-state index contributed by atoms with van der Waals surface area (Å²) in [7, 11) is 0. The van der Waals surface area contributed by atoms with Crippen LogP contribution in [0.25, 0.3) is 0 Å². The highest BCUT2D eigenvalue weighted by molar-refractivity contribution is 5.74. The quantitative estimate of drug-likeness (QED) is 0.901. The highest BCUT2D eigenvalue weighted by Gasteiger charge is 2.37. The molecule has 1 aromatic heterocycles. The van der Waals surface area contributed by atoms with Crippen LogP contribution in [-0.2, 0) is 11.3 Å². The van der Waals surface area contributed by atoms with E-state index in [4.69, 9.17) is 9.26 Å². The summed E-state index contributed by atoms with van der Waals surface area (Å²) >= 11 is 0. The first kappa shape index (κ1) is 16.2. The fraction of sp³-hybridized carbons (Fsp3) is 0.812. The zero-order valence-electron chi connectivity index (χ0n) is 14.0. The monoisotopic (exact) mass is 322 g/mol. The summed E-state index contributed by atoms with van der Waals surface area (Å²) in [5.41, 5.74) is 0. The van der Waals surface area contributed by atoms with Crippen molar-refractivity contribution in [3.8, 4) is 0 Å². The first-order valence-electron chi connectivity index (χ1n) is 8.67. The van der Waals surface area contributed by atoms with Gasteiger partial charge in [0.15, 0.2) is 5.82 Å². The van der Waals surface area contributed by atoms with Gasteiger partial charge in [0.1, 0.15) is 6.10 Å². The van der Waals surface area contributed by atoms with Gasteiger partial charge in [-0.1, -0.05) is 11.6 Å². The third kappa shape index (κ3) is 3.65. The molecule has 128 valence electrons. The van der Waals surface area contributed by atoms with Gasteiger partial charge in [-0.3, -0.25) is 0 Å². The zero-order chi connectivity index (χ0) is 16.2. The van der Waals surface area contributed by atoms with Crippen molar-refractivity contribution in [2.75, 3.05) is 13.2 Å². The first-order chi connectivity index (χ1) is 11.2. The summed E-state index contributed by atoms with van der Waals surface area (Å²) in [6.07, 6.45) is 5.80. The number of hydrogen-bond acceptors (Lipinski definition) is 5. The Balaban J connectivity index is 1.52. The zero-order valence-corrected chi connectivity index (χ0v) is 14.0. The number of likely N-dealkylation sites (tertiary alicyclic amines) is 1. The van der Waals surface area contributed by atoms with Gasteiger partial charge in [0.25, 0.3) is 0 Å². The number of aromatic nitrogens is 2. The second kappa shape index (κ2) is 7.29. The molecular formula is C16H26N4O3. The Morgan fingerprint density at radius 3 is 3.09 bits per heavy atom. The number of ether oxygens (including phenoxy) is 1. The lowest BCUT2D eigenvalue weighted by molar-refractivity contribution is 0.0683. The van der Waals surface area contributed by atoms with Crippen molar-refractivity contribution < 1.29 is 14.1 Å². The minimum atomic E-state index is -0.199. The maximum absolute atomic E-state index is 12.5. The molecular weight excluding hydrogens is 296 g/mol. The Bertz CT molecular complexity index is 533. The number of fused-ring (bicyclic) bond motifs is 1. The predicted octanol–water partition coefficient (Wildman–Crippen LogP) is 2.64. The van der Waals surface area contributed by atoms with Crippen molar-refractivity contribution in [3.05, 3.63) is 11.7 Å². The second-order valence-corrected chi connectivity index (χ2v) is 6.40. The summed E-state index contributed by atoms with van der Waals surface area (Å²) in [4.78, 5) is 18.7. The number of urea groups is 1. The number of piperidine rings is 1. The van der Waals surface area contributed by atoms with Crippen LogP contribution in [0.2, 0.25) is 0 Å². The molecule has 1 saturated heterocycles. The fourth-order valence-electron chi connectivity index (χ4n) is 3.79. The van der Waals surface area contributed by atoms with Crippen LogP contribution in [0, 0.1) is 5.92 Å². The molecule has 1 saturated carbocycles. The number of carbonyl (C=O) groups is 1. The minimum Gasteiger partial charge on any atom is -0.371 e. The molecule has 7 heteroatoms. The molecule has 23 heavy (non-hydrogen) atoms. The van der Waals surface area contributed by atoms with Gasteiger partial charge in [0, 0.05) is 19.2 Å². The number of carbonyl (C=O) groups excluding carboxylic acids is 1. The highest BCUT2D eigenvalue weighted by atomic mass is 16.5. The van der Waals surface area contributed by atoms with Crippen molar-refractivity contribution >= 4 is 6.03 Å². The topological polar surface area (TPSA) is 80.5 Å². The summed E-state index contributed by atoms with van der Waals surface area (Å²) in [5.74, 6) is 1.63. The summed E-state index contributed by atoms with van der Waals surface area (Å²) in [6, 6.07) is 0.402. The van der Waals surface area contributed by atoms with E-state index in [0.29, 0.717) is 30.3 Å². The van der Waals surface area contributed by atoms with Crippen LogP contribution >= 0.6 is 0 Å². The van der Waals surface area contributed by atoms with E-state index in [1.165, 1.54) is 19.3 Å². The molecule has 2 aliphatic rings. The van der Waals surface area contributed by atoms with E-state index < -0.39 is 0 Å². The van der Waals surface area contributed by atoms with Crippen molar-refractivity contribution in [3.63, 3.8) is 0 Å². The van der Waals surface area contributed by atoms with Crippen LogP contribution in [0.1, 0.15) is 63.8 Å². The van der Waals surface area contributed by atoms with Crippen molar-refractivity contribution in [2.45, 2.75) is 64.6 Å². The summed E-state index contributed by atoms with van der Waals surface area (Å²) in [5, 5.41) is 6.82. The van der Waals surface area contributed by atoms with Gasteiger partial charge in [-0.15, -0.1) is 0 Å². The van der Waals surface area contributed by atoms with Crippen LogP contribution in [0.15, 0.2) is 4.52 Å². The first-order valence-corrected chi connectivity index (χ1v) is 8.67. The van der Waals surface area contributed by atoms with Gasteiger partial charge in [0.2, 0.25) is 5.89 Å². The maximum Gasteiger partial charge on any atom is 0.318 e. The number of amides is 2. The molecule has 7 nitrogen and oxygen atoms in total. The van der Waals surface area contributed by atoms with Crippen LogP contribution in [0.5, 0.6) is 0 Å². The SMILES string of the molecule is CCOC(C)c1noc(CNC(=O)N2CCCC3CCCC32)n1. The maximum atomic E-state index is 12.5. The van der Waals surface area contributed by atoms with Crippen LogP contribution in [0.3, 0.4) is 0 Å². The standard InChI is InChI=1S/C16H26N4O3/c1-3-22-11(2)15-18-14(23-19-15)10-17-16(21)20-9-5-7-12-6-4-8-13(12)20/h11-13H,3-10H2,1-2H3,(H,17,21). The molecule has 2 heterocycles. The minimum absolute atomic E-state index is 0.0146. The van der Waals surface area contributed by atoms with E-state index in [2.05, 4.69) is 15.5 Å². The third-order valence-corrected chi connectivity index (χ3v) is 4.91. The molecule has 3 rings (SSSR count). The van der Waals surface area contributed by atoms with Gasteiger partial charge in [-0.05, 0) is 45.4 Å². The average Bonchev–Trinajstić information content (AvgIpc) is 3.21. The lowest BCUT2D eigenvalue weighted by Crippen LogP contribution is -2.50. The molecule has 1 aliphatic heterocycles. The Labute approximate surface area is 136 Å². The number of nitrogens with one attached hydrogen (secondary N) is 1. The van der Waals surface area contributed by atoms with E-state index in [9.17, 15) is 4.79 Å². The molecule has 3 atom stereocenters. The fourth-order valence-corrected chi connectivity index (χ4v) is 3.79. The lowest BCUT2D eigenvalue weighted by Gasteiger charge is -2.37. The van der Waals surface area contributed by atoms with Gasteiger partial charge in [-0.2, -0.15) is 4.98 Å². The lowest BCUT2D eigenvalue weighted by atomic mass is 9.92. The van der Waals surface area contributed by atoms with E-state index in [1.54, 1.807) is 0 Å². The van der Waals surface area contributed by atoms with Gasteiger partial charge in [-0.25, -0.2) is 4.79 Å². The molecule has 0 aromatic carbocycles. The highest BCUT2D eigenvalue weighted by Crippen LogP contribution is 2.36. The van der Waals surface area contributed by atoms with Crippen LogP contribution < -0.4 is 5.32 Å². The summed E-state index contributed by atoms with van der Waals surface area (Å²) in [6.45, 7) is 5.51. The Morgan fingerprint density at radius 1 is 1.43 bits per heavy atom. The predicted molar refractivity (Wildman–Crippen MR) is 83.6 cm³/mol. The van der Waals surface area contributed by atoms with E-state index in [0.717, 1.165) is 19.4 Å². The van der Waals surface area contributed by atoms with Crippen molar-refractivity contribution in [1.82, 2.24) is 20.4 Å². The van der Waals surface area contributed by atoms with E-state index in [1.807, 2.05) is 18.7 Å². The molecule has 0 radical (unpaired) electrons. The molecule has 1 N–H and O–H groups in total. The van der Waals surface area contributed by atoms with Crippen molar-refractivity contribution in [2.24, 2.45) is 5.92 Å². The van der Waals surface area contributed by atoms with Crippen LogP contribution in [-0.4, -0.2) is 40.3 Å². The van der Waals surface area contributed by atoms with Gasteiger partial charge in [0.05, 0.1) is 6.54 Å². The van der Waals surface area contributed by atoms with Crippen molar-refractivity contribution in [1.29, 1.82) is 0 Å². The van der Waals surface area contributed by atoms with Gasteiger partial charge >= 0.3 is 6.03 Å². The molecule has 3 unspecified atom stereocenters. The van der Waals surface area contributed by atoms with Crippen LogP contribution in [0.4, 0.5) is 4.79 Å². The number of nitrogens with zero attached hydrogens (tertiary/aromatic N) is 3. The largest absolute Gasteiger partial charge is 0.371 e.